The Labute approximate surface area is 109 Å². The smallest absolute Gasteiger partial charge is 0.169 e. The van der Waals surface area contributed by atoms with E-state index in [9.17, 15) is 0 Å². The third-order valence-corrected chi connectivity index (χ3v) is 3.83. The molecule has 0 radical (unpaired) electrons. The van der Waals surface area contributed by atoms with Crippen molar-refractivity contribution in [2.75, 3.05) is 5.73 Å². The first-order valence-corrected chi connectivity index (χ1v) is 6.85. The van der Waals surface area contributed by atoms with Gasteiger partial charge in [-0.3, -0.25) is 0 Å². The van der Waals surface area contributed by atoms with E-state index in [4.69, 9.17) is 15.2 Å². The molecule has 0 bridgehead atoms. The van der Waals surface area contributed by atoms with E-state index in [0.717, 1.165) is 30.5 Å². The van der Waals surface area contributed by atoms with Gasteiger partial charge in [0.2, 0.25) is 0 Å². The number of benzene rings is 1. The lowest BCUT2D eigenvalue weighted by Crippen LogP contribution is -2.28. The van der Waals surface area contributed by atoms with Crippen LogP contribution in [0.2, 0.25) is 0 Å². The Morgan fingerprint density at radius 1 is 1.11 bits per heavy atom. The lowest BCUT2D eigenvalue weighted by molar-refractivity contribution is -0.179. The van der Waals surface area contributed by atoms with Gasteiger partial charge in [-0.1, -0.05) is 39.0 Å². The van der Waals surface area contributed by atoms with Gasteiger partial charge in [0.15, 0.2) is 5.79 Å². The van der Waals surface area contributed by atoms with Crippen LogP contribution in [0.15, 0.2) is 24.3 Å². The highest BCUT2D eigenvalue weighted by atomic mass is 16.8. The SMILES string of the molecule is CC[C@@H]1OC(CC)(CC)O[C@H]1c1ccccc1N. The second kappa shape index (κ2) is 5.29. The highest BCUT2D eigenvalue weighted by Crippen LogP contribution is 2.44. The molecule has 100 valence electrons. The summed E-state index contributed by atoms with van der Waals surface area (Å²) >= 11 is 0. The molecule has 1 heterocycles. The molecule has 1 aliphatic rings. The van der Waals surface area contributed by atoms with E-state index in [2.05, 4.69) is 20.8 Å². The lowest BCUT2D eigenvalue weighted by Gasteiger charge is -2.25. The lowest BCUT2D eigenvalue weighted by atomic mass is 10.0. The molecular weight excluding hydrogens is 226 g/mol. The Morgan fingerprint density at radius 2 is 1.78 bits per heavy atom. The Hall–Kier alpha value is -1.06. The van der Waals surface area contributed by atoms with Crippen molar-refractivity contribution >= 4 is 5.69 Å². The van der Waals surface area contributed by atoms with E-state index in [1.165, 1.54) is 0 Å². The van der Waals surface area contributed by atoms with Crippen LogP contribution in [-0.2, 0) is 9.47 Å². The first-order valence-electron chi connectivity index (χ1n) is 6.85. The second-order valence-corrected chi connectivity index (χ2v) is 4.85. The number of nitrogen functional groups attached to an aromatic ring is 1. The zero-order valence-electron chi connectivity index (χ0n) is 11.5. The first-order chi connectivity index (χ1) is 8.65. The second-order valence-electron chi connectivity index (χ2n) is 4.85. The largest absolute Gasteiger partial charge is 0.398 e. The number of anilines is 1. The van der Waals surface area contributed by atoms with E-state index in [0.29, 0.717) is 0 Å². The molecule has 3 nitrogen and oxygen atoms in total. The van der Waals surface area contributed by atoms with Gasteiger partial charge in [0, 0.05) is 11.3 Å². The fraction of sp³-hybridized carbons (Fsp3) is 0.600. The fourth-order valence-corrected chi connectivity index (χ4v) is 2.59. The predicted molar refractivity (Wildman–Crippen MR) is 73.2 cm³/mol. The molecule has 18 heavy (non-hydrogen) atoms. The highest BCUT2D eigenvalue weighted by Gasteiger charge is 2.45. The van der Waals surface area contributed by atoms with Gasteiger partial charge < -0.3 is 15.2 Å². The number of nitrogens with two attached hydrogens (primary N) is 1. The zero-order chi connectivity index (χ0) is 13.2. The van der Waals surface area contributed by atoms with Crippen molar-refractivity contribution < 1.29 is 9.47 Å². The average molecular weight is 249 g/mol. The van der Waals surface area contributed by atoms with Crippen LogP contribution in [0.25, 0.3) is 0 Å². The molecule has 2 atom stereocenters. The van der Waals surface area contributed by atoms with Crippen molar-refractivity contribution in [2.45, 2.75) is 58.0 Å². The van der Waals surface area contributed by atoms with Gasteiger partial charge in [-0.25, -0.2) is 0 Å². The molecule has 1 aromatic carbocycles. The monoisotopic (exact) mass is 249 g/mol. The van der Waals surface area contributed by atoms with Gasteiger partial charge in [-0.2, -0.15) is 0 Å². The van der Waals surface area contributed by atoms with Gasteiger partial charge in [0.1, 0.15) is 6.10 Å². The maximum absolute atomic E-state index is 6.22. The number of rotatable bonds is 4. The molecule has 0 spiro atoms. The molecule has 1 aromatic rings. The van der Waals surface area contributed by atoms with Gasteiger partial charge in [-0.15, -0.1) is 0 Å². The first kappa shape index (κ1) is 13.4. The summed E-state index contributed by atoms with van der Waals surface area (Å²) in [5, 5.41) is 0. The van der Waals surface area contributed by atoms with Gasteiger partial charge >= 0.3 is 0 Å². The van der Waals surface area contributed by atoms with Crippen molar-refractivity contribution in [3.05, 3.63) is 29.8 Å². The minimum atomic E-state index is -0.437. The summed E-state index contributed by atoms with van der Waals surface area (Å²) in [5.41, 5.74) is 7.89. The summed E-state index contributed by atoms with van der Waals surface area (Å²) in [6, 6.07) is 7.90. The Bertz CT molecular complexity index is 401. The molecule has 0 amide bonds. The van der Waals surface area contributed by atoms with Crippen LogP contribution < -0.4 is 5.73 Å². The number of hydrogen-bond donors (Lipinski definition) is 1. The summed E-state index contributed by atoms with van der Waals surface area (Å²) in [4.78, 5) is 0. The van der Waals surface area contributed by atoms with Gasteiger partial charge in [0.05, 0.1) is 6.10 Å². The van der Waals surface area contributed by atoms with Gasteiger partial charge in [0.25, 0.3) is 0 Å². The molecule has 1 aliphatic heterocycles. The van der Waals surface area contributed by atoms with Crippen molar-refractivity contribution in [3.63, 3.8) is 0 Å². The third-order valence-electron chi connectivity index (χ3n) is 3.83. The average Bonchev–Trinajstić information content (AvgIpc) is 2.79. The minimum Gasteiger partial charge on any atom is -0.398 e. The fourth-order valence-electron chi connectivity index (χ4n) is 2.59. The molecule has 2 N–H and O–H groups in total. The maximum atomic E-state index is 6.22. The number of ether oxygens (including phenoxy) is 2. The van der Waals surface area contributed by atoms with Crippen molar-refractivity contribution in [2.24, 2.45) is 0 Å². The summed E-state index contributed by atoms with van der Waals surface area (Å²) in [6.45, 7) is 6.33. The van der Waals surface area contributed by atoms with Crippen molar-refractivity contribution in [3.8, 4) is 0 Å². The molecule has 1 saturated heterocycles. The van der Waals surface area contributed by atoms with Crippen molar-refractivity contribution in [1.29, 1.82) is 0 Å². The van der Waals surface area contributed by atoms with Crippen LogP contribution in [0.1, 0.15) is 51.7 Å². The van der Waals surface area contributed by atoms with E-state index >= 15 is 0 Å². The molecular formula is C15H23NO2. The zero-order valence-corrected chi connectivity index (χ0v) is 11.5. The topological polar surface area (TPSA) is 44.5 Å². The number of para-hydroxylation sites is 1. The molecule has 0 aliphatic carbocycles. The summed E-state index contributed by atoms with van der Waals surface area (Å²) in [7, 11) is 0. The summed E-state index contributed by atoms with van der Waals surface area (Å²) < 4.78 is 12.4. The van der Waals surface area contributed by atoms with Crippen LogP contribution in [-0.4, -0.2) is 11.9 Å². The highest BCUT2D eigenvalue weighted by molar-refractivity contribution is 5.48. The molecule has 0 saturated carbocycles. The van der Waals surface area contributed by atoms with Crippen LogP contribution >= 0.6 is 0 Å². The molecule has 3 heteroatoms. The van der Waals surface area contributed by atoms with Gasteiger partial charge in [-0.05, 0) is 25.3 Å². The quantitative estimate of drug-likeness (QED) is 0.828. The maximum Gasteiger partial charge on any atom is 0.169 e. The Balaban J connectivity index is 2.30. The molecule has 0 aromatic heterocycles. The van der Waals surface area contributed by atoms with Crippen LogP contribution in [0.4, 0.5) is 5.69 Å². The van der Waals surface area contributed by atoms with Crippen LogP contribution in [0.5, 0.6) is 0 Å². The van der Waals surface area contributed by atoms with E-state index in [-0.39, 0.29) is 12.2 Å². The van der Waals surface area contributed by atoms with Crippen LogP contribution in [0.3, 0.4) is 0 Å². The summed E-state index contributed by atoms with van der Waals surface area (Å²) in [5.74, 6) is -0.437. The van der Waals surface area contributed by atoms with E-state index in [1.807, 2.05) is 24.3 Å². The minimum absolute atomic E-state index is 0.0453. The molecule has 2 rings (SSSR count). The third kappa shape index (κ3) is 2.25. The number of hydrogen-bond acceptors (Lipinski definition) is 3. The van der Waals surface area contributed by atoms with E-state index < -0.39 is 5.79 Å². The molecule has 0 unspecified atom stereocenters. The molecule has 1 fully saturated rings. The summed E-state index contributed by atoms with van der Waals surface area (Å²) in [6.07, 6.45) is 2.71. The van der Waals surface area contributed by atoms with Crippen LogP contribution in [0, 0.1) is 0 Å². The van der Waals surface area contributed by atoms with E-state index in [1.54, 1.807) is 0 Å². The Kier molecular flexibility index (Phi) is 3.93. The normalized spacial score (nSPS) is 26.4. The Morgan fingerprint density at radius 3 is 2.33 bits per heavy atom. The standard InChI is InChI=1S/C15H23NO2/c1-4-13-14(11-9-7-8-10-12(11)16)18-15(5-2,6-3)17-13/h7-10,13-14H,4-6,16H2,1-3H3/t13-,14-/m0/s1. The van der Waals surface area contributed by atoms with Crippen molar-refractivity contribution in [1.82, 2.24) is 0 Å². The predicted octanol–water partition coefficient (Wildman–Crippen LogP) is 3.65.